The molecule has 0 fully saturated rings. The third-order valence-corrected chi connectivity index (χ3v) is 3.50. The fraction of sp³-hybridized carbons (Fsp3) is 0.929. The normalized spacial score (nSPS) is 16.1. The van der Waals surface area contributed by atoms with Crippen molar-refractivity contribution in [1.82, 2.24) is 10.2 Å². The third-order valence-electron chi connectivity index (χ3n) is 3.50. The zero-order valence-corrected chi connectivity index (χ0v) is 13.0. The minimum atomic E-state index is -0.480. The fourth-order valence-corrected chi connectivity index (χ4v) is 2.10. The van der Waals surface area contributed by atoms with Gasteiger partial charge in [0.15, 0.2) is 0 Å². The molecule has 5 heteroatoms. The van der Waals surface area contributed by atoms with Crippen molar-refractivity contribution >= 4 is 0 Å². The van der Waals surface area contributed by atoms with Crippen LogP contribution in [-0.4, -0.2) is 64.1 Å². The van der Waals surface area contributed by atoms with Crippen LogP contribution < -0.4 is 5.32 Å². The molecule has 1 N–H and O–H groups in total. The van der Waals surface area contributed by atoms with Crippen molar-refractivity contribution < 1.29 is 9.47 Å². The van der Waals surface area contributed by atoms with Crippen molar-refractivity contribution in [3.8, 4) is 6.07 Å². The van der Waals surface area contributed by atoms with Gasteiger partial charge >= 0.3 is 0 Å². The van der Waals surface area contributed by atoms with Gasteiger partial charge in [0.05, 0.1) is 12.7 Å². The summed E-state index contributed by atoms with van der Waals surface area (Å²) in [5.74, 6) is 0. The summed E-state index contributed by atoms with van der Waals surface area (Å²) >= 11 is 0. The van der Waals surface area contributed by atoms with Gasteiger partial charge in [0.25, 0.3) is 0 Å². The maximum atomic E-state index is 9.23. The summed E-state index contributed by atoms with van der Waals surface area (Å²) in [4.78, 5) is 2.36. The van der Waals surface area contributed by atoms with E-state index in [-0.39, 0.29) is 0 Å². The highest BCUT2D eigenvalue weighted by Crippen LogP contribution is 2.15. The lowest BCUT2D eigenvalue weighted by Gasteiger charge is -2.33. The first-order valence-electron chi connectivity index (χ1n) is 6.85. The minimum absolute atomic E-state index is 0.323. The first-order chi connectivity index (χ1) is 9.02. The van der Waals surface area contributed by atoms with E-state index in [0.29, 0.717) is 12.6 Å². The first kappa shape index (κ1) is 18.3. The Morgan fingerprint density at radius 2 is 1.89 bits per heavy atom. The van der Waals surface area contributed by atoms with E-state index in [1.807, 2.05) is 14.0 Å². The Morgan fingerprint density at radius 1 is 1.26 bits per heavy atom. The Hall–Kier alpha value is -0.670. The van der Waals surface area contributed by atoms with Crippen molar-refractivity contribution in [2.75, 3.05) is 47.6 Å². The van der Waals surface area contributed by atoms with Crippen LogP contribution >= 0.6 is 0 Å². The van der Waals surface area contributed by atoms with Crippen LogP contribution in [0.15, 0.2) is 0 Å². The van der Waals surface area contributed by atoms with E-state index in [4.69, 9.17) is 9.47 Å². The van der Waals surface area contributed by atoms with Gasteiger partial charge in [0.1, 0.15) is 5.54 Å². The van der Waals surface area contributed by atoms with E-state index >= 15 is 0 Å². The summed E-state index contributed by atoms with van der Waals surface area (Å²) in [7, 11) is 5.27. The molecule has 0 saturated heterocycles. The second-order valence-electron chi connectivity index (χ2n) is 5.12. The Balaban J connectivity index is 4.43. The molecular weight excluding hydrogens is 242 g/mol. The molecule has 2 unspecified atom stereocenters. The van der Waals surface area contributed by atoms with Crippen LogP contribution in [0.4, 0.5) is 0 Å². The number of ether oxygens (including phenoxy) is 2. The molecule has 0 aliphatic carbocycles. The highest BCUT2D eigenvalue weighted by Gasteiger charge is 2.26. The SMILES string of the molecule is CNC(C)(C#N)CC(C)N(CCCOC)CCOC. The van der Waals surface area contributed by atoms with Crippen LogP contribution in [-0.2, 0) is 9.47 Å². The molecule has 112 valence electrons. The fourth-order valence-electron chi connectivity index (χ4n) is 2.10. The van der Waals surface area contributed by atoms with Gasteiger partial charge in [-0.25, -0.2) is 0 Å². The van der Waals surface area contributed by atoms with Crippen molar-refractivity contribution in [1.29, 1.82) is 5.26 Å². The molecule has 0 heterocycles. The number of hydrogen-bond acceptors (Lipinski definition) is 5. The quantitative estimate of drug-likeness (QED) is 0.573. The van der Waals surface area contributed by atoms with Gasteiger partial charge in [0.2, 0.25) is 0 Å². The Morgan fingerprint density at radius 3 is 2.37 bits per heavy atom. The standard InChI is InChI=1S/C14H29N3O2/c1-13(11-14(2,12-15)16-3)17(8-10-19-5)7-6-9-18-4/h13,16H,6-11H2,1-5H3. The van der Waals surface area contributed by atoms with Gasteiger partial charge in [-0.05, 0) is 33.7 Å². The summed E-state index contributed by atoms with van der Waals surface area (Å²) < 4.78 is 10.3. The van der Waals surface area contributed by atoms with Gasteiger partial charge in [-0.3, -0.25) is 4.90 Å². The molecule has 0 aromatic heterocycles. The average Bonchev–Trinajstić information content (AvgIpc) is 2.42. The van der Waals surface area contributed by atoms with E-state index in [9.17, 15) is 5.26 Å². The predicted octanol–water partition coefficient (Wildman–Crippen LogP) is 1.25. The average molecular weight is 271 g/mol. The molecule has 0 amide bonds. The number of nitrogens with one attached hydrogen (secondary N) is 1. The molecule has 0 bridgehead atoms. The summed E-state index contributed by atoms with van der Waals surface area (Å²) in [6, 6.07) is 2.67. The molecule has 0 aromatic carbocycles. The van der Waals surface area contributed by atoms with Crippen LogP contribution in [0.3, 0.4) is 0 Å². The second kappa shape index (κ2) is 10.2. The van der Waals surface area contributed by atoms with E-state index < -0.39 is 5.54 Å². The van der Waals surface area contributed by atoms with Crippen LogP contribution in [0.1, 0.15) is 26.7 Å². The summed E-state index contributed by atoms with van der Waals surface area (Å²) in [5, 5.41) is 12.3. The summed E-state index contributed by atoms with van der Waals surface area (Å²) in [6.45, 7) is 7.41. The van der Waals surface area contributed by atoms with E-state index in [2.05, 4.69) is 23.2 Å². The Kier molecular flexibility index (Phi) is 9.80. The molecule has 19 heavy (non-hydrogen) atoms. The summed E-state index contributed by atoms with van der Waals surface area (Å²) in [5.41, 5.74) is -0.480. The zero-order valence-electron chi connectivity index (χ0n) is 13.0. The van der Waals surface area contributed by atoms with Crippen molar-refractivity contribution in [2.24, 2.45) is 0 Å². The topological polar surface area (TPSA) is 57.5 Å². The predicted molar refractivity (Wildman–Crippen MR) is 77.1 cm³/mol. The van der Waals surface area contributed by atoms with Crippen LogP contribution in [0.25, 0.3) is 0 Å². The number of nitrogens with zero attached hydrogens (tertiary/aromatic N) is 2. The van der Waals surface area contributed by atoms with Crippen LogP contribution in [0.2, 0.25) is 0 Å². The Labute approximate surface area is 117 Å². The highest BCUT2D eigenvalue weighted by atomic mass is 16.5. The number of rotatable bonds is 11. The first-order valence-corrected chi connectivity index (χ1v) is 6.85. The molecule has 0 aliphatic rings. The van der Waals surface area contributed by atoms with E-state index in [1.54, 1.807) is 14.2 Å². The molecule has 0 spiro atoms. The minimum Gasteiger partial charge on any atom is -0.385 e. The Bertz CT molecular complexity index is 268. The van der Waals surface area contributed by atoms with Crippen molar-refractivity contribution in [3.63, 3.8) is 0 Å². The van der Waals surface area contributed by atoms with Crippen molar-refractivity contribution in [2.45, 2.75) is 38.3 Å². The van der Waals surface area contributed by atoms with Crippen LogP contribution in [0.5, 0.6) is 0 Å². The maximum Gasteiger partial charge on any atom is 0.105 e. The van der Waals surface area contributed by atoms with E-state index in [1.165, 1.54) is 0 Å². The molecule has 0 rings (SSSR count). The molecule has 0 radical (unpaired) electrons. The number of hydrogen-bond donors (Lipinski definition) is 1. The molecule has 0 aromatic rings. The van der Waals surface area contributed by atoms with Crippen molar-refractivity contribution in [3.05, 3.63) is 0 Å². The second-order valence-corrected chi connectivity index (χ2v) is 5.12. The third kappa shape index (κ3) is 7.48. The number of methoxy groups -OCH3 is 2. The highest BCUT2D eigenvalue weighted by molar-refractivity contribution is 5.04. The van der Waals surface area contributed by atoms with Gasteiger partial charge < -0.3 is 14.8 Å². The molecular formula is C14H29N3O2. The molecule has 5 nitrogen and oxygen atoms in total. The van der Waals surface area contributed by atoms with Crippen LogP contribution in [0, 0.1) is 11.3 Å². The largest absolute Gasteiger partial charge is 0.385 e. The molecule has 0 aliphatic heterocycles. The zero-order chi connectivity index (χ0) is 14.7. The van der Waals surface area contributed by atoms with Gasteiger partial charge in [-0.1, -0.05) is 0 Å². The smallest absolute Gasteiger partial charge is 0.105 e. The number of nitriles is 1. The van der Waals surface area contributed by atoms with Gasteiger partial charge in [0, 0.05) is 40.0 Å². The summed E-state index contributed by atoms with van der Waals surface area (Å²) in [6.07, 6.45) is 1.78. The lowest BCUT2D eigenvalue weighted by atomic mass is 9.94. The lowest BCUT2D eigenvalue weighted by Crippen LogP contribution is -2.46. The van der Waals surface area contributed by atoms with Gasteiger partial charge in [-0.15, -0.1) is 0 Å². The lowest BCUT2D eigenvalue weighted by molar-refractivity contribution is 0.102. The molecule has 2 atom stereocenters. The van der Waals surface area contributed by atoms with E-state index in [0.717, 1.165) is 32.5 Å². The molecule has 0 saturated carbocycles. The monoisotopic (exact) mass is 271 g/mol. The maximum absolute atomic E-state index is 9.23. The van der Waals surface area contributed by atoms with Gasteiger partial charge in [-0.2, -0.15) is 5.26 Å².